The van der Waals surface area contributed by atoms with Crippen molar-refractivity contribution in [3.05, 3.63) is 89.5 Å². The van der Waals surface area contributed by atoms with E-state index >= 15 is 0 Å². The van der Waals surface area contributed by atoms with Gasteiger partial charge in [0.1, 0.15) is 0 Å². The Balaban J connectivity index is 1.86. The van der Waals surface area contributed by atoms with E-state index in [-0.39, 0.29) is 0 Å². The molecule has 0 amide bonds. The van der Waals surface area contributed by atoms with Gasteiger partial charge in [-0.25, -0.2) is 0 Å². The summed E-state index contributed by atoms with van der Waals surface area (Å²) in [5.41, 5.74) is 3.52. The molecule has 3 aromatic carbocycles. The third kappa shape index (κ3) is 5.45. The fourth-order valence-electron chi connectivity index (χ4n) is 2.30. The van der Waals surface area contributed by atoms with Gasteiger partial charge in [0, 0.05) is 0 Å². The molecule has 0 radical (unpaired) electrons. The summed E-state index contributed by atoms with van der Waals surface area (Å²) in [5.74, 6) is 2.19. The first-order chi connectivity index (χ1) is 12.4. The molecule has 0 spiro atoms. The summed E-state index contributed by atoms with van der Waals surface area (Å²) in [5, 5.41) is 0. The van der Waals surface area contributed by atoms with Crippen LogP contribution in [0.2, 0.25) is 0 Å². The Morgan fingerprint density at radius 1 is 0.500 bits per heavy atom. The molecule has 134 valence electrons. The summed E-state index contributed by atoms with van der Waals surface area (Å²) in [6.07, 6.45) is 0. The van der Waals surface area contributed by atoms with Crippen molar-refractivity contribution in [2.24, 2.45) is 0 Å². The molecule has 0 aromatic heterocycles. The minimum absolute atomic E-state index is 0.730. The van der Waals surface area contributed by atoms with Gasteiger partial charge in [-0.15, -0.1) is 0 Å². The first kappa shape index (κ1) is 19.2. The quantitative estimate of drug-likeness (QED) is 0.318. The molecule has 0 aliphatic heterocycles. The molecule has 0 saturated heterocycles. The maximum atomic E-state index is 6.22. The van der Waals surface area contributed by atoms with Gasteiger partial charge in [-0.1, -0.05) is 0 Å². The van der Waals surface area contributed by atoms with Crippen LogP contribution in [0.1, 0.15) is 16.7 Å². The first-order valence-electron chi connectivity index (χ1n) is 8.38. The SMILES string of the molecule is Cc1ccc([O][Hf]([Br])([O]c2ccc(C)cc2)[O]c2ccc(C)cc2)cc1. The van der Waals surface area contributed by atoms with E-state index in [9.17, 15) is 0 Å². The van der Waals surface area contributed by atoms with Gasteiger partial charge in [-0.05, 0) is 0 Å². The zero-order chi connectivity index (χ0) is 18.6. The van der Waals surface area contributed by atoms with E-state index in [2.05, 4.69) is 12.3 Å². The molecule has 3 nitrogen and oxygen atoms in total. The molecule has 3 rings (SSSR count). The Labute approximate surface area is 166 Å². The third-order valence-electron chi connectivity index (χ3n) is 3.78. The van der Waals surface area contributed by atoms with Crippen molar-refractivity contribution >= 4 is 12.3 Å². The number of rotatable bonds is 6. The Kier molecular flexibility index (Phi) is 6.20. The van der Waals surface area contributed by atoms with Gasteiger partial charge < -0.3 is 0 Å². The summed E-state index contributed by atoms with van der Waals surface area (Å²) in [6.45, 7) is 6.13. The standard InChI is InChI=1S/3C7H8O.BrH.Hf/c3*1-6-2-4-7(8)5-3-6;;/h3*2-5,8H,1H3;1H;/q;;;;+4/p-4. The van der Waals surface area contributed by atoms with E-state index in [1.807, 2.05) is 93.6 Å². The zero-order valence-electron chi connectivity index (χ0n) is 15.0. The van der Waals surface area contributed by atoms with E-state index in [1.165, 1.54) is 16.7 Å². The monoisotopic (exact) mass is 580 g/mol. The van der Waals surface area contributed by atoms with E-state index in [4.69, 9.17) is 8.56 Å². The maximum absolute atomic E-state index is 6.22. The minimum atomic E-state index is -4.24. The van der Waals surface area contributed by atoms with Crippen LogP contribution in [0.5, 0.6) is 17.2 Å². The van der Waals surface area contributed by atoms with E-state index in [0.29, 0.717) is 0 Å². The molecule has 26 heavy (non-hydrogen) atoms. The molecule has 0 N–H and O–H groups in total. The molecule has 3 aromatic rings. The average molecular weight is 580 g/mol. The number of halogens is 1. The molecule has 0 bridgehead atoms. The molecule has 5 heteroatoms. The molecule has 0 aliphatic rings. The van der Waals surface area contributed by atoms with Gasteiger partial charge in [-0.2, -0.15) is 0 Å². The molecular formula is C21H21BrHfO3. The number of hydrogen-bond donors (Lipinski definition) is 0. The second-order valence-corrected chi connectivity index (χ2v) is 19.8. The van der Waals surface area contributed by atoms with Crippen molar-refractivity contribution in [2.75, 3.05) is 0 Å². The summed E-state index contributed by atoms with van der Waals surface area (Å²) >= 11 is -0.536. The fourth-order valence-corrected chi connectivity index (χ4v) is 11.8. The Morgan fingerprint density at radius 3 is 0.962 bits per heavy atom. The summed E-state index contributed by atoms with van der Waals surface area (Å²) in [4.78, 5) is 0. The van der Waals surface area contributed by atoms with Crippen molar-refractivity contribution in [2.45, 2.75) is 20.8 Å². The van der Waals surface area contributed by atoms with Crippen molar-refractivity contribution in [1.29, 1.82) is 0 Å². The van der Waals surface area contributed by atoms with Crippen molar-refractivity contribution < 1.29 is 27.5 Å². The number of aryl methyl sites for hydroxylation is 3. The second kappa shape index (κ2) is 8.40. The Bertz CT molecular complexity index is 730. The van der Waals surface area contributed by atoms with Crippen molar-refractivity contribution in [3.8, 4) is 17.2 Å². The predicted octanol–water partition coefficient (Wildman–Crippen LogP) is 6.36. The number of benzene rings is 3. The van der Waals surface area contributed by atoms with E-state index < -0.39 is 18.9 Å². The van der Waals surface area contributed by atoms with Gasteiger partial charge in [-0.3, -0.25) is 0 Å². The van der Waals surface area contributed by atoms with Crippen molar-refractivity contribution in [1.82, 2.24) is 0 Å². The fraction of sp³-hybridized carbons (Fsp3) is 0.143. The van der Waals surface area contributed by atoms with Gasteiger partial charge in [0.25, 0.3) is 0 Å². The number of hydrogen-bond acceptors (Lipinski definition) is 3. The Hall–Kier alpha value is -1.59. The van der Waals surface area contributed by atoms with Gasteiger partial charge in [0.2, 0.25) is 0 Å². The van der Waals surface area contributed by atoms with Crippen LogP contribution in [-0.2, 0) is 18.9 Å². The second-order valence-electron chi connectivity index (χ2n) is 6.23. The van der Waals surface area contributed by atoms with Gasteiger partial charge >= 0.3 is 167 Å². The van der Waals surface area contributed by atoms with Crippen LogP contribution >= 0.6 is 12.3 Å². The topological polar surface area (TPSA) is 27.7 Å². The van der Waals surface area contributed by atoms with Crippen LogP contribution in [0.15, 0.2) is 72.8 Å². The zero-order valence-corrected chi connectivity index (χ0v) is 20.2. The van der Waals surface area contributed by atoms with Crippen LogP contribution in [0.3, 0.4) is 0 Å². The van der Waals surface area contributed by atoms with Crippen LogP contribution in [0, 0.1) is 20.8 Å². The summed E-state index contributed by atoms with van der Waals surface area (Å²) < 4.78 is 18.7. The normalized spacial score (nSPS) is 11.1. The average Bonchev–Trinajstić information content (AvgIpc) is 2.61. The van der Waals surface area contributed by atoms with Crippen LogP contribution in [0.25, 0.3) is 0 Å². The van der Waals surface area contributed by atoms with Crippen LogP contribution in [-0.4, -0.2) is 0 Å². The Morgan fingerprint density at radius 2 is 0.731 bits per heavy atom. The molecule has 0 fully saturated rings. The van der Waals surface area contributed by atoms with Gasteiger partial charge in [0.15, 0.2) is 0 Å². The van der Waals surface area contributed by atoms with Crippen molar-refractivity contribution in [3.63, 3.8) is 0 Å². The third-order valence-corrected chi connectivity index (χ3v) is 12.9. The molecule has 0 atom stereocenters. The molecular weight excluding hydrogens is 559 g/mol. The van der Waals surface area contributed by atoms with E-state index in [1.54, 1.807) is 0 Å². The molecule has 0 aliphatic carbocycles. The molecule has 0 heterocycles. The van der Waals surface area contributed by atoms with Crippen LogP contribution < -0.4 is 8.56 Å². The molecule has 0 saturated carbocycles. The summed E-state index contributed by atoms with van der Waals surface area (Å²) in [7, 11) is 0. The van der Waals surface area contributed by atoms with E-state index in [0.717, 1.165) is 17.2 Å². The molecule has 0 unspecified atom stereocenters. The van der Waals surface area contributed by atoms with Gasteiger partial charge in [0.05, 0.1) is 0 Å². The predicted molar refractivity (Wildman–Crippen MR) is 104 cm³/mol. The van der Waals surface area contributed by atoms with Crippen LogP contribution in [0.4, 0.5) is 0 Å². The summed E-state index contributed by atoms with van der Waals surface area (Å²) in [6, 6.07) is 23.6. The first-order valence-corrected chi connectivity index (χ1v) is 20.6.